The van der Waals surface area contributed by atoms with Crippen LogP contribution in [-0.2, 0) is 9.53 Å². The minimum atomic E-state index is -1.23. The fraction of sp³-hybridized carbons (Fsp3) is 0.308. The van der Waals surface area contributed by atoms with E-state index in [-0.39, 0.29) is 6.61 Å². The quantitative estimate of drug-likeness (QED) is 0.476. The predicted octanol–water partition coefficient (Wildman–Crippen LogP) is 2.22. The number of ether oxygens (including phenoxy) is 1. The van der Waals surface area contributed by atoms with E-state index in [4.69, 9.17) is 5.26 Å². The van der Waals surface area contributed by atoms with Crippen LogP contribution in [0.25, 0.3) is 0 Å². The third-order valence-corrected chi connectivity index (χ3v) is 2.48. The van der Waals surface area contributed by atoms with Crippen molar-refractivity contribution in [3.05, 3.63) is 34.9 Å². The summed E-state index contributed by atoms with van der Waals surface area (Å²) in [6.07, 6.45) is 0. The Hall–Kier alpha value is -2.29. The molecule has 0 aliphatic heterocycles. The number of halogens is 2. The van der Waals surface area contributed by atoms with Gasteiger partial charge in [-0.25, -0.2) is 8.78 Å². The normalized spacial score (nSPS) is 11.5. The molecule has 0 N–H and O–H groups in total. The molecule has 0 bridgehead atoms. The first-order chi connectivity index (χ1) is 8.92. The maximum Gasteiger partial charge on any atom is 0.316 e. The molecule has 0 fully saturated rings. The molecular weight excluding hydrogens is 256 g/mol. The highest BCUT2D eigenvalue weighted by Gasteiger charge is 2.27. The molecule has 0 saturated carbocycles. The van der Waals surface area contributed by atoms with Gasteiger partial charge in [-0.1, -0.05) is 0 Å². The second-order valence-corrected chi connectivity index (χ2v) is 3.76. The van der Waals surface area contributed by atoms with Crippen molar-refractivity contribution in [1.82, 2.24) is 0 Å². The van der Waals surface area contributed by atoms with Crippen molar-refractivity contribution in [3.63, 3.8) is 0 Å². The lowest BCUT2D eigenvalue weighted by atomic mass is 9.98. The van der Waals surface area contributed by atoms with E-state index in [0.717, 1.165) is 0 Å². The van der Waals surface area contributed by atoms with Gasteiger partial charge in [0.05, 0.1) is 17.7 Å². The van der Waals surface area contributed by atoms with Gasteiger partial charge in [0, 0.05) is 0 Å². The summed E-state index contributed by atoms with van der Waals surface area (Å²) in [7, 11) is 0. The Balaban J connectivity index is 3.11. The average molecular weight is 267 g/mol. The molecule has 0 aliphatic carbocycles. The van der Waals surface area contributed by atoms with Gasteiger partial charge in [0.2, 0.25) is 0 Å². The van der Waals surface area contributed by atoms with Crippen LogP contribution in [-0.4, -0.2) is 18.4 Å². The van der Waals surface area contributed by atoms with E-state index >= 15 is 0 Å². The number of hydrogen-bond donors (Lipinski definition) is 0. The van der Waals surface area contributed by atoms with Gasteiger partial charge in [-0.3, -0.25) is 9.59 Å². The van der Waals surface area contributed by atoms with Gasteiger partial charge in [0.25, 0.3) is 0 Å². The van der Waals surface area contributed by atoms with Crippen LogP contribution in [0.5, 0.6) is 0 Å². The molecule has 0 aromatic heterocycles. The Bertz CT molecular complexity index is 564. The predicted molar refractivity (Wildman–Crippen MR) is 61.2 cm³/mol. The molecule has 1 atom stereocenters. The molecule has 0 radical (unpaired) electrons. The molecule has 6 heteroatoms. The molecule has 0 spiro atoms. The van der Waals surface area contributed by atoms with Crippen molar-refractivity contribution in [2.75, 3.05) is 6.61 Å². The topological polar surface area (TPSA) is 67.2 Å². The zero-order valence-electron chi connectivity index (χ0n) is 10.4. The zero-order valence-corrected chi connectivity index (χ0v) is 10.4. The lowest BCUT2D eigenvalue weighted by Gasteiger charge is -2.10. The van der Waals surface area contributed by atoms with E-state index in [1.54, 1.807) is 6.92 Å². The van der Waals surface area contributed by atoms with E-state index in [1.807, 2.05) is 0 Å². The fourth-order valence-electron chi connectivity index (χ4n) is 1.43. The van der Waals surface area contributed by atoms with Crippen LogP contribution in [0.4, 0.5) is 8.78 Å². The molecule has 4 nitrogen and oxygen atoms in total. The van der Waals surface area contributed by atoms with Gasteiger partial charge < -0.3 is 4.74 Å². The maximum atomic E-state index is 13.6. The lowest BCUT2D eigenvalue weighted by molar-refractivity contribution is -0.145. The Morgan fingerprint density at radius 1 is 1.37 bits per heavy atom. The minimum absolute atomic E-state index is 0.0840. The number of benzene rings is 1. The van der Waals surface area contributed by atoms with Gasteiger partial charge in [0.15, 0.2) is 5.78 Å². The summed E-state index contributed by atoms with van der Waals surface area (Å²) >= 11 is 0. The second-order valence-electron chi connectivity index (χ2n) is 3.76. The number of ketones is 1. The van der Waals surface area contributed by atoms with Crippen molar-refractivity contribution >= 4 is 11.8 Å². The number of nitrogens with zero attached hydrogens (tertiary/aromatic N) is 1. The Labute approximate surface area is 108 Å². The lowest BCUT2D eigenvalue weighted by Crippen LogP contribution is -2.24. The molecular formula is C13H11F2NO3. The van der Waals surface area contributed by atoms with E-state index in [1.165, 1.54) is 13.0 Å². The number of nitriles is 1. The summed E-state index contributed by atoms with van der Waals surface area (Å²) in [5.74, 6) is -4.99. The summed E-state index contributed by atoms with van der Waals surface area (Å²) in [4.78, 5) is 23.2. The molecule has 19 heavy (non-hydrogen) atoms. The third-order valence-electron chi connectivity index (χ3n) is 2.48. The summed E-state index contributed by atoms with van der Waals surface area (Å²) in [6.45, 7) is 2.90. The molecule has 1 aromatic rings. The van der Waals surface area contributed by atoms with Crippen LogP contribution >= 0.6 is 0 Å². The molecule has 1 unspecified atom stereocenters. The molecule has 1 rings (SSSR count). The van der Waals surface area contributed by atoms with Crippen LogP contribution in [0, 0.1) is 28.9 Å². The van der Waals surface area contributed by atoms with Crippen LogP contribution < -0.4 is 0 Å². The summed E-state index contributed by atoms with van der Waals surface area (Å²) in [5.41, 5.74) is -1.07. The van der Waals surface area contributed by atoms with Crippen molar-refractivity contribution in [2.45, 2.75) is 13.8 Å². The van der Waals surface area contributed by atoms with Crippen LogP contribution in [0.1, 0.15) is 29.8 Å². The Morgan fingerprint density at radius 3 is 2.53 bits per heavy atom. The van der Waals surface area contributed by atoms with Crippen LogP contribution in [0.15, 0.2) is 12.1 Å². The highest BCUT2D eigenvalue weighted by molar-refractivity contribution is 6.08. The number of Topliss-reactive ketones (excluding diaryl/α,β-unsaturated/α-hetero) is 1. The highest BCUT2D eigenvalue weighted by Crippen LogP contribution is 2.18. The average Bonchev–Trinajstić information content (AvgIpc) is 2.39. The Morgan fingerprint density at radius 2 is 2.00 bits per heavy atom. The third kappa shape index (κ3) is 3.13. The van der Waals surface area contributed by atoms with Crippen molar-refractivity contribution in [3.8, 4) is 6.07 Å². The van der Waals surface area contributed by atoms with Gasteiger partial charge in [0.1, 0.15) is 23.6 Å². The van der Waals surface area contributed by atoms with E-state index < -0.39 is 40.4 Å². The van der Waals surface area contributed by atoms with Gasteiger partial charge in [-0.15, -0.1) is 0 Å². The van der Waals surface area contributed by atoms with Crippen LogP contribution in [0.2, 0.25) is 0 Å². The van der Waals surface area contributed by atoms with E-state index in [9.17, 15) is 18.4 Å². The standard InChI is InChI=1S/C13H11F2NO3/c1-3-19-13(18)7(2)12(17)9-5-10(14)8(6-16)4-11(9)15/h4-5,7H,3H2,1-2H3. The van der Waals surface area contributed by atoms with Gasteiger partial charge in [-0.05, 0) is 26.0 Å². The van der Waals surface area contributed by atoms with Crippen molar-refractivity contribution in [2.24, 2.45) is 5.92 Å². The number of carbonyl (C=O) groups is 2. The summed E-state index contributed by atoms with van der Waals surface area (Å²) in [6, 6.07) is 2.70. The molecule has 0 amide bonds. The SMILES string of the molecule is CCOC(=O)C(C)C(=O)c1cc(F)c(C#N)cc1F. The van der Waals surface area contributed by atoms with E-state index in [0.29, 0.717) is 12.1 Å². The number of carbonyl (C=O) groups excluding carboxylic acids is 2. The zero-order chi connectivity index (χ0) is 14.6. The molecule has 0 aliphatic rings. The minimum Gasteiger partial charge on any atom is -0.465 e. The van der Waals surface area contributed by atoms with Crippen molar-refractivity contribution < 1.29 is 23.1 Å². The molecule has 1 aromatic carbocycles. The first-order valence-electron chi connectivity index (χ1n) is 5.52. The van der Waals surface area contributed by atoms with Gasteiger partial charge >= 0.3 is 5.97 Å². The smallest absolute Gasteiger partial charge is 0.316 e. The van der Waals surface area contributed by atoms with Gasteiger partial charge in [-0.2, -0.15) is 5.26 Å². The first kappa shape index (κ1) is 14.8. The summed E-state index contributed by atoms with van der Waals surface area (Å²) in [5, 5.41) is 8.52. The number of esters is 1. The van der Waals surface area contributed by atoms with E-state index in [2.05, 4.69) is 4.74 Å². The molecule has 0 saturated heterocycles. The number of rotatable bonds is 4. The monoisotopic (exact) mass is 267 g/mol. The fourth-order valence-corrected chi connectivity index (χ4v) is 1.43. The van der Waals surface area contributed by atoms with Crippen molar-refractivity contribution in [1.29, 1.82) is 5.26 Å². The number of hydrogen-bond acceptors (Lipinski definition) is 4. The summed E-state index contributed by atoms with van der Waals surface area (Å²) < 4.78 is 31.6. The maximum absolute atomic E-state index is 13.6. The molecule has 0 heterocycles. The second kappa shape index (κ2) is 6.05. The molecule has 100 valence electrons. The van der Waals surface area contributed by atoms with Crippen LogP contribution in [0.3, 0.4) is 0 Å². The Kier molecular flexibility index (Phi) is 4.70. The largest absolute Gasteiger partial charge is 0.465 e. The highest BCUT2D eigenvalue weighted by atomic mass is 19.1. The first-order valence-corrected chi connectivity index (χ1v) is 5.52.